The highest BCUT2D eigenvalue weighted by Gasteiger charge is 2.39. The molecule has 1 heterocycles. The van der Waals surface area contributed by atoms with Crippen molar-refractivity contribution in [2.75, 3.05) is 0 Å². The number of carbonyl (C=O) groups excluding carboxylic acids is 2. The van der Waals surface area contributed by atoms with Gasteiger partial charge in [0.25, 0.3) is 0 Å². The lowest BCUT2D eigenvalue weighted by Gasteiger charge is -2.28. The molecule has 4 heteroatoms. The van der Waals surface area contributed by atoms with E-state index in [9.17, 15) is 9.59 Å². The van der Waals surface area contributed by atoms with Crippen molar-refractivity contribution in [1.82, 2.24) is 9.97 Å². The number of nitrogens with zero attached hydrogens (tertiary/aromatic N) is 2. The van der Waals surface area contributed by atoms with Crippen LogP contribution in [0.1, 0.15) is 50.9 Å². The quantitative estimate of drug-likeness (QED) is 0.783. The minimum absolute atomic E-state index is 0.00477. The fourth-order valence-electron chi connectivity index (χ4n) is 2.67. The molecule has 102 valence electrons. The molecule has 0 radical (unpaired) electrons. The van der Waals surface area contributed by atoms with Gasteiger partial charge in [-0.05, 0) is 18.3 Å². The predicted octanol–water partition coefficient (Wildman–Crippen LogP) is 2.33. The van der Waals surface area contributed by atoms with E-state index in [2.05, 4.69) is 23.8 Å². The SMILES string of the molecule is CCc1nccnc1C1C(=O)CC(C(C)C)CC1=O. The minimum Gasteiger partial charge on any atom is -0.298 e. The highest BCUT2D eigenvalue weighted by atomic mass is 16.2. The summed E-state index contributed by atoms with van der Waals surface area (Å²) in [4.78, 5) is 33.1. The van der Waals surface area contributed by atoms with Crippen LogP contribution in [0.4, 0.5) is 0 Å². The number of hydrogen-bond donors (Lipinski definition) is 0. The zero-order valence-electron chi connectivity index (χ0n) is 11.7. The van der Waals surface area contributed by atoms with Crippen LogP contribution in [0.25, 0.3) is 0 Å². The first kappa shape index (κ1) is 13.8. The summed E-state index contributed by atoms with van der Waals surface area (Å²) in [5.41, 5.74) is 1.33. The average molecular weight is 260 g/mol. The molecule has 0 aromatic carbocycles. The van der Waals surface area contributed by atoms with E-state index in [4.69, 9.17) is 0 Å². The molecule has 19 heavy (non-hydrogen) atoms. The number of Topliss-reactive ketones (excluding diaryl/α,β-unsaturated/α-hetero) is 2. The van der Waals surface area contributed by atoms with Crippen LogP contribution in [0, 0.1) is 11.8 Å². The first-order chi connectivity index (χ1) is 9.04. The van der Waals surface area contributed by atoms with Crippen molar-refractivity contribution in [3.63, 3.8) is 0 Å². The smallest absolute Gasteiger partial charge is 0.149 e. The molecule has 1 saturated carbocycles. The molecule has 1 aliphatic carbocycles. The summed E-state index contributed by atoms with van der Waals surface area (Å²) in [5, 5.41) is 0. The molecule has 0 bridgehead atoms. The monoisotopic (exact) mass is 260 g/mol. The lowest BCUT2D eigenvalue weighted by molar-refractivity contribution is -0.134. The third-order valence-electron chi connectivity index (χ3n) is 3.93. The summed E-state index contributed by atoms with van der Waals surface area (Å²) in [6.45, 7) is 6.08. The maximum absolute atomic E-state index is 12.3. The zero-order valence-corrected chi connectivity index (χ0v) is 11.7. The van der Waals surface area contributed by atoms with Crippen LogP contribution in [0.2, 0.25) is 0 Å². The normalized spacial score (nSPS) is 24.0. The first-order valence-electron chi connectivity index (χ1n) is 6.89. The molecule has 0 aliphatic heterocycles. The summed E-state index contributed by atoms with van der Waals surface area (Å²) in [6, 6.07) is 0. The van der Waals surface area contributed by atoms with Gasteiger partial charge in [0.1, 0.15) is 17.5 Å². The van der Waals surface area contributed by atoms with Crippen LogP contribution in [-0.4, -0.2) is 21.5 Å². The summed E-state index contributed by atoms with van der Waals surface area (Å²) in [5.74, 6) is -0.131. The lowest BCUT2D eigenvalue weighted by atomic mass is 9.74. The van der Waals surface area contributed by atoms with Gasteiger partial charge in [-0.2, -0.15) is 0 Å². The molecule has 4 nitrogen and oxygen atoms in total. The lowest BCUT2D eigenvalue weighted by Crippen LogP contribution is -2.34. The predicted molar refractivity (Wildman–Crippen MR) is 71.7 cm³/mol. The molecular formula is C15H20N2O2. The van der Waals surface area contributed by atoms with E-state index in [-0.39, 0.29) is 17.5 Å². The number of carbonyl (C=O) groups is 2. The first-order valence-corrected chi connectivity index (χ1v) is 6.89. The van der Waals surface area contributed by atoms with E-state index < -0.39 is 5.92 Å². The van der Waals surface area contributed by atoms with Gasteiger partial charge in [-0.15, -0.1) is 0 Å². The second-order valence-corrected chi connectivity index (χ2v) is 5.52. The molecule has 1 fully saturated rings. The fraction of sp³-hybridized carbons (Fsp3) is 0.600. The summed E-state index contributed by atoms with van der Waals surface area (Å²) in [6.07, 6.45) is 4.82. The largest absolute Gasteiger partial charge is 0.298 e. The Morgan fingerprint density at radius 1 is 1.16 bits per heavy atom. The Kier molecular flexibility index (Phi) is 4.08. The van der Waals surface area contributed by atoms with Gasteiger partial charge in [-0.1, -0.05) is 20.8 Å². The Morgan fingerprint density at radius 3 is 2.26 bits per heavy atom. The van der Waals surface area contributed by atoms with E-state index in [1.54, 1.807) is 12.4 Å². The molecule has 2 rings (SSSR count). The zero-order chi connectivity index (χ0) is 14.0. The Morgan fingerprint density at radius 2 is 1.74 bits per heavy atom. The molecule has 0 amide bonds. The van der Waals surface area contributed by atoms with E-state index in [1.165, 1.54) is 0 Å². The van der Waals surface area contributed by atoms with Crippen molar-refractivity contribution in [3.8, 4) is 0 Å². The van der Waals surface area contributed by atoms with Crippen molar-refractivity contribution in [3.05, 3.63) is 23.8 Å². The van der Waals surface area contributed by atoms with E-state index in [1.807, 2.05) is 6.92 Å². The van der Waals surface area contributed by atoms with Crippen molar-refractivity contribution in [2.45, 2.75) is 46.0 Å². The number of aromatic nitrogens is 2. The fourth-order valence-corrected chi connectivity index (χ4v) is 2.67. The molecule has 0 atom stereocenters. The van der Waals surface area contributed by atoms with E-state index >= 15 is 0 Å². The molecule has 1 aromatic heterocycles. The summed E-state index contributed by atoms with van der Waals surface area (Å²) in [7, 11) is 0. The Bertz CT molecular complexity index is 479. The highest BCUT2D eigenvalue weighted by molar-refractivity contribution is 6.09. The van der Waals surface area contributed by atoms with Crippen molar-refractivity contribution in [1.29, 1.82) is 0 Å². The van der Waals surface area contributed by atoms with Crippen LogP contribution in [0.3, 0.4) is 0 Å². The van der Waals surface area contributed by atoms with Gasteiger partial charge in [0.05, 0.1) is 11.4 Å². The van der Waals surface area contributed by atoms with Crippen LogP contribution < -0.4 is 0 Å². The highest BCUT2D eigenvalue weighted by Crippen LogP contribution is 2.34. The summed E-state index contributed by atoms with van der Waals surface area (Å²) < 4.78 is 0. The van der Waals surface area contributed by atoms with Gasteiger partial charge in [0.15, 0.2) is 0 Å². The van der Waals surface area contributed by atoms with Gasteiger partial charge >= 0.3 is 0 Å². The van der Waals surface area contributed by atoms with Gasteiger partial charge in [0.2, 0.25) is 0 Å². The molecular weight excluding hydrogens is 240 g/mol. The number of hydrogen-bond acceptors (Lipinski definition) is 4. The van der Waals surface area contributed by atoms with Crippen molar-refractivity contribution in [2.24, 2.45) is 11.8 Å². The third kappa shape index (κ3) is 2.72. The van der Waals surface area contributed by atoms with Crippen LogP contribution in [-0.2, 0) is 16.0 Å². The topological polar surface area (TPSA) is 59.9 Å². The molecule has 0 N–H and O–H groups in total. The molecule has 0 spiro atoms. The van der Waals surface area contributed by atoms with Crippen LogP contribution >= 0.6 is 0 Å². The standard InChI is InChI=1S/C15H20N2O2/c1-4-11-15(17-6-5-16-11)14-12(18)7-10(9(2)3)8-13(14)19/h5-6,9-10,14H,4,7-8H2,1-3H3. The molecule has 1 aromatic rings. The van der Waals surface area contributed by atoms with Crippen LogP contribution in [0.15, 0.2) is 12.4 Å². The maximum atomic E-state index is 12.3. The molecule has 0 saturated heterocycles. The van der Waals surface area contributed by atoms with E-state index in [0.717, 1.165) is 5.69 Å². The van der Waals surface area contributed by atoms with Gasteiger partial charge < -0.3 is 0 Å². The Balaban J connectivity index is 2.31. The number of ketones is 2. The summed E-state index contributed by atoms with van der Waals surface area (Å²) >= 11 is 0. The second-order valence-electron chi connectivity index (χ2n) is 5.52. The molecule has 0 unspecified atom stereocenters. The second kappa shape index (κ2) is 5.59. The van der Waals surface area contributed by atoms with Crippen molar-refractivity contribution >= 4 is 11.6 Å². The molecule has 1 aliphatic rings. The van der Waals surface area contributed by atoms with Crippen molar-refractivity contribution < 1.29 is 9.59 Å². The minimum atomic E-state index is -0.682. The van der Waals surface area contributed by atoms with Crippen LogP contribution in [0.5, 0.6) is 0 Å². The van der Waals surface area contributed by atoms with Gasteiger partial charge in [0, 0.05) is 25.2 Å². The Labute approximate surface area is 113 Å². The van der Waals surface area contributed by atoms with E-state index in [0.29, 0.717) is 30.9 Å². The van der Waals surface area contributed by atoms with Gasteiger partial charge in [-0.25, -0.2) is 0 Å². The average Bonchev–Trinajstić information content (AvgIpc) is 2.38. The maximum Gasteiger partial charge on any atom is 0.149 e. The number of rotatable bonds is 3. The van der Waals surface area contributed by atoms with Gasteiger partial charge in [-0.3, -0.25) is 19.6 Å². The Hall–Kier alpha value is -1.58. The third-order valence-corrected chi connectivity index (χ3v) is 3.93. The number of aryl methyl sites for hydroxylation is 1.